The van der Waals surface area contributed by atoms with Gasteiger partial charge in [-0.3, -0.25) is 19.3 Å². The molecule has 0 bridgehead atoms. The molecule has 0 atom stereocenters. The molecule has 0 aliphatic carbocycles. The number of amides is 4. The molecule has 1 aliphatic rings. The molecule has 1 aromatic rings. The average Bonchev–Trinajstić information content (AvgIpc) is 2.80. The van der Waals surface area contributed by atoms with E-state index in [0.717, 1.165) is 0 Å². The molecule has 0 saturated heterocycles. The third-order valence-electron chi connectivity index (χ3n) is 3.90. The average molecular weight is 389 g/mol. The summed E-state index contributed by atoms with van der Waals surface area (Å²) >= 11 is 0. The second-order valence-electron chi connectivity index (χ2n) is 8.56. The molecular weight excluding hydrogens is 362 g/mol. The van der Waals surface area contributed by atoms with Crippen LogP contribution in [0, 0.1) is 0 Å². The molecule has 28 heavy (non-hydrogen) atoms. The zero-order valence-corrected chi connectivity index (χ0v) is 17.1. The topological polar surface area (TPSA) is 105 Å². The highest BCUT2D eigenvalue weighted by atomic mass is 16.6. The third-order valence-corrected chi connectivity index (χ3v) is 3.90. The number of nitrogens with one attached hydrogen (secondary N) is 2. The van der Waals surface area contributed by atoms with Gasteiger partial charge in [0, 0.05) is 24.2 Å². The van der Waals surface area contributed by atoms with Gasteiger partial charge in [0.2, 0.25) is 0 Å². The molecule has 4 amide bonds. The van der Waals surface area contributed by atoms with Crippen molar-refractivity contribution in [2.75, 3.05) is 13.1 Å². The Kier molecular flexibility index (Phi) is 5.82. The van der Waals surface area contributed by atoms with E-state index < -0.39 is 29.0 Å². The quantitative estimate of drug-likeness (QED) is 0.607. The number of carbonyl (C=O) groups is 4. The molecule has 1 heterocycles. The van der Waals surface area contributed by atoms with Gasteiger partial charge < -0.3 is 15.4 Å². The number of ether oxygens (including phenoxy) is 1. The van der Waals surface area contributed by atoms with Gasteiger partial charge in [0.05, 0.1) is 11.1 Å². The van der Waals surface area contributed by atoms with Gasteiger partial charge in [-0.2, -0.15) is 0 Å². The Bertz CT molecular complexity index is 818. The van der Waals surface area contributed by atoms with E-state index in [-0.39, 0.29) is 30.1 Å². The SMILES string of the molecule is CC(C)(C)OC(=O)NCCNC(=O)c1ccc2c(c1)C(=O)N(C(C)(C)C)C2=O. The van der Waals surface area contributed by atoms with Gasteiger partial charge in [-0.25, -0.2) is 4.79 Å². The first-order valence-corrected chi connectivity index (χ1v) is 9.09. The van der Waals surface area contributed by atoms with Crippen molar-refractivity contribution in [2.24, 2.45) is 0 Å². The molecule has 1 aliphatic heterocycles. The Hall–Kier alpha value is -2.90. The van der Waals surface area contributed by atoms with Crippen molar-refractivity contribution < 1.29 is 23.9 Å². The van der Waals surface area contributed by atoms with E-state index in [2.05, 4.69) is 10.6 Å². The Morgan fingerprint density at radius 3 is 2.07 bits per heavy atom. The summed E-state index contributed by atoms with van der Waals surface area (Å²) in [5, 5.41) is 5.20. The van der Waals surface area contributed by atoms with Gasteiger partial charge in [-0.1, -0.05) is 0 Å². The first kappa shape index (κ1) is 21.4. The zero-order chi connectivity index (χ0) is 21.3. The maximum Gasteiger partial charge on any atom is 0.407 e. The van der Waals surface area contributed by atoms with E-state index in [1.807, 2.05) is 0 Å². The lowest BCUT2D eigenvalue weighted by Crippen LogP contribution is -2.45. The lowest BCUT2D eigenvalue weighted by atomic mass is 10.1. The second kappa shape index (κ2) is 7.61. The summed E-state index contributed by atoms with van der Waals surface area (Å²) < 4.78 is 5.10. The molecule has 2 rings (SSSR count). The van der Waals surface area contributed by atoms with Crippen LogP contribution in [0.25, 0.3) is 0 Å². The van der Waals surface area contributed by atoms with Crippen LogP contribution < -0.4 is 10.6 Å². The fourth-order valence-corrected chi connectivity index (χ4v) is 2.75. The van der Waals surface area contributed by atoms with Gasteiger partial charge in [0.25, 0.3) is 17.7 Å². The molecule has 0 saturated carbocycles. The number of imide groups is 1. The maximum absolute atomic E-state index is 12.6. The summed E-state index contributed by atoms with van der Waals surface area (Å²) in [6.45, 7) is 11.0. The van der Waals surface area contributed by atoms with Crippen molar-refractivity contribution in [1.82, 2.24) is 15.5 Å². The van der Waals surface area contributed by atoms with Gasteiger partial charge in [-0.15, -0.1) is 0 Å². The van der Waals surface area contributed by atoms with Crippen LogP contribution >= 0.6 is 0 Å². The van der Waals surface area contributed by atoms with Gasteiger partial charge >= 0.3 is 6.09 Å². The van der Waals surface area contributed by atoms with Crippen molar-refractivity contribution in [1.29, 1.82) is 0 Å². The molecule has 0 fully saturated rings. The van der Waals surface area contributed by atoms with Crippen LogP contribution in [0.4, 0.5) is 4.79 Å². The number of alkyl carbamates (subject to hydrolysis) is 1. The summed E-state index contributed by atoms with van der Waals surface area (Å²) in [6.07, 6.45) is -0.564. The van der Waals surface area contributed by atoms with Crippen molar-refractivity contribution >= 4 is 23.8 Å². The number of rotatable bonds is 4. The molecule has 8 nitrogen and oxygen atoms in total. The van der Waals surface area contributed by atoms with E-state index in [4.69, 9.17) is 4.74 Å². The third kappa shape index (κ3) is 4.88. The number of carbonyl (C=O) groups excluding carboxylic acids is 4. The molecule has 152 valence electrons. The highest BCUT2D eigenvalue weighted by Gasteiger charge is 2.42. The zero-order valence-electron chi connectivity index (χ0n) is 17.1. The fourth-order valence-electron chi connectivity index (χ4n) is 2.75. The number of benzene rings is 1. The smallest absolute Gasteiger partial charge is 0.407 e. The molecule has 0 unspecified atom stereocenters. The van der Waals surface area contributed by atoms with Crippen LogP contribution in [-0.4, -0.2) is 52.9 Å². The number of hydrogen-bond acceptors (Lipinski definition) is 5. The van der Waals surface area contributed by atoms with E-state index in [1.54, 1.807) is 41.5 Å². The Morgan fingerprint density at radius 1 is 0.929 bits per heavy atom. The normalized spacial score (nSPS) is 14.0. The van der Waals surface area contributed by atoms with Gasteiger partial charge in [-0.05, 0) is 59.7 Å². The molecular formula is C20H27N3O5. The first-order chi connectivity index (χ1) is 12.8. The van der Waals surface area contributed by atoms with Crippen LogP contribution in [0.3, 0.4) is 0 Å². The number of hydrogen-bond donors (Lipinski definition) is 2. The number of nitrogens with zero attached hydrogens (tertiary/aromatic N) is 1. The van der Waals surface area contributed by atoms with E-state index >= 15 is 0 Å². The van der Waals surface area contributed by atoms with Crippen LogP contribution in [0.5, 0.6) is 0 Å². The molecule has 1 aromatic carbocycles. The fraction of sp³-hybridized carbons (Fsp3) is 0.500. The molecule has 0 aromatic heterocycles. The number of fused-ring (bicyclic) bond motifs is 1. The Morgan fingerprint density at radius 2 is 1.50 bits per heavy atom. The highest BCUT2D eigenvalue weighted by Crippen LogP contribution is 2.29. The minimum Gasteiger partial charge on any atom is -0.444 e. The summed E-state index contributed by atoms with van der Waals surface area (Å²) in [7, 11) is 0. The Labute approximate surface area is 164 Å². The molecule has 8 heteroatoms. The predicted molar refractivity (Wildman–Crippen MR) is 103 cm³/mol. The van der Waals surface area contributed by atoms with E-state index in [1.165, 1.54) is 23.1 Å². The molecule has 0 spiro atoms. The lowest BCUT2D eigenvalue weighted by Gasteiger charge is -2.29. The summed E-state index contributed by atoms with van der Waals surface area (Å²) in [6, 6.07) is 4.43. The van der Waals surface area contributed by atoms with Gasteiger partial charge in [0.15, 0.2) is 0 Å². The van der Waals surface area contributed by atoms with Crippen LogP contribution in [0.15, 0.2) is 18.2 Å². The lowest BCUT2D eigenvalue weighted by molar-refractivity contribution is 0.0500. The largest absolute Gasteiger partial charge is 0.444 e. The van der Waals surface area contributed by atoms with Crippen molar-refractivity contribution in [3.8, 4) is 0 Å². The summed E-state index contributed by atoms with van der Waals surface area (Å²) in [5.41, 5.74) is -0.457. The highest BCUT2D eigenvalue weighted by molar-refractivity contribution is 6.22. The van der Waals surface area contributed by atoms with Crippen molar-refractivity contribution in [3.05, 3.63) is 34.9 Å². The van der Waals surface area contributed by atoms with Crippen LogP contribution in [-0.2, 0) is 4.74 Å². The van der Waals surface area contributed by atoms with E-state index in [9.17, 15) is 19.2 Å². The monoisotopic (exact) mass is 389 g/mol. The summed E-state index contributed by atoms with van der Waals surface area (Å²) in [5.74, 6) is -1.17. The van der Waals surface area contributed by atoms with Crippen molar-refractivity contribution in [2.45, 2.75) is 52.7 Å². The standard InChI is InChI=1S/C20H27N3O5/c1-19(2,3)23-16(25)13-8-7-12(11-14(13)17(23)26)15(24)21-9-10-22-18(27)28-20(4,5)6/h7-8,11H,9-10H2,1-6H3,(H,21,24)(H,22,27). The van der Waals surface area contributed by atoms with Crippen LogP contribution in [0.1, 0.15) is 72.6 Å². The minimum atomic E-state index is -0.650. The van der Waals surface area contributed by atoms with Crippen LogP contribution in [0.2, 0.25) is 0 Å². The molecule has 0 radical (unpaired) electrons. The second-order valence-corrected chi connectivity index (χ2v) is 8.56. The van der Waals surface area contributed by atoms with Gasteiger partial charge in [0.1, 0.15) is 5.60 Å². The van der Waals surface area contributed by atoms with Crippen molar-refractivity contribution in [3.63, 3.8) is 0 Å². The maximum atomic E-state index is 12.6. The minimum absolute atomic E-state index is 0.191. The van der Waals surface area contributed by atoms with E-state index in [0.29, 0.717) is 5.56 Å². The summed E-state index contributed by atoms with van der Waals surface area (Å²) in [4.78, 5) is 50.1. The predicted octanol–water partition coefficient (Wildman–Crippen LogP) is 2.34. The first-order valence-electron chi connectivity index (χ1n) is 9.09. The molecule has 2 N–H and O–H groups in total. The Balaban J connectivity index is 1.97.